The van der Waals surface area contributed by atoms with Crippen LogP contribution in [0.25, 0.3) is 0 Å². The van der Waals surface area contributed by atoms with E-state index in [-0.39, 0.29) is 11.4 Å². The molecule has 0 heterocycles. The molecule has 3 atom stereocenters. The normalized spacial score (nSPS) is 33.7. The van der Waals surface area contributed by atoms with Crippen LogP contribution in [0.4, 0.5) is 4.39 Å². The quantitative estimate of drug-likeness (QED) is 0.788. The zero-order valence-corrected chi connectivity index (χ0v) is 11.0. The highest BCUT2D eigenvalue weighted by molar-refractivity contribution is 5.30. The van der Waals surface area contributed by atoms with E-state index in [9.17, 15) is 4.39 Å². The van der Waals surface area contributed by atoms with Crippen molar-refractivity contribution in [3.63, 3.8) is 0 Å². The lowest BCUT2D eigenvalue weighted by atomic mass is 9.67. The fourth-order valence-electron chi connectivity index (χ4n) is 3.10. The SMILES string of the molecule is Cc1cc(F)cc(C2(N)CCC(C)CC2C)c1. The van der Waals surface area contributed by atoms with Crippen molar-refractivity contribution in [3.8, 4) is 0 Å². The first-order valence-electron chi connectivity index (χ1n) is 6.48. The standard InChI is InChI=1S/C15H22FN/c1-10-4-5-15(17,12(3)6-10)13-7-11(2)8-14(16)9-13/h7-10,12H,4-6,17H2,1-3H3. The summed E-state index contributed by atoms with van der Waals surface area (Å²) in [6.45, 7) is 6.38. The summed E-state index contributed by atoms with van der Waals surface area (Å²) >= 11 is 0. The van der Waals surface area contributed by atoms with Gasteiger partial charge in [0.15, 0.2) is 0 Å². The zero-order valence-electron chi connectivity index (χ0n) is 11.0. The Kier molecular flexibility index (Phi) is 3.26. The smallest absolute Gasteiger partial charge is 0.123 e. The van der Waals surface area contributed by atoms with Gasteiger partial charge in [-0.2, -0.15) is 0 Å². The molecule has 0 aromatic heterocycles. The predicted octanol–water partition coefficient (Wildman–Crippen LogP) is 3.74. The van der Waals surface area contributed by atoms with E-state index in [1.807, 2.05) is 13.0 Å². The van der Waals surface area contributed by atoms with Crippen molar-refractivity contribution in [2.24, 2.45) is 17.6 Å². The summed E-state index contributed by atoms with van der Waals surface area (Å²) < 4.78 is 13.5. The maximum absolute atomic E-state index is 13.5. The first-order valence-corrected chi connectivity index (χ1v) is 6.48. The molecule has 1 aliphatic rings. The maximum Gasteiger partial charge on any atom is 0.123 e. The Morgan fingerprint density at radius 1 is 1.29 bits per heavy atom. The number of hydrogen-bond acceptors (Lipinski definition) is 1. The molecule has 17 heavy (non-hydrogen) atoms. The van der Waals surface area contributed by atoms with Gasteiger partial charge in [-0.3, -0.25) is 0 Å². The van der Waals surface area contributed by atoms with Crippen molar-refractivity contribution in [3.05, 3.63) is 35.1 Å². The third kappa shape index (κ3) is 2.37. The summed E-state index contributed by atoms with van der Waals surface area (Å²) in [5.74, 6) is 0.972. The van der Waals surface area contributed by atoms with Gasteiger partial charge in [-0.25, -0.2) is 4.39 Å². The van der Waals surface area contributed by atoms with Gasteiger partial charge in [0.25, 0.3) is 0 Å². The van der Waals surface area contributed by atoms with Crippen LogP contribution in [-0.4, -0.2) is 0 Å². The summed E-state index contributed by atoms with van der Waals surface area (Å²) in [5, 5.41) is 0. The van der Waals surface area contributed by atoms with Crippen LogP contribution in [0.15, 0.2) is 18.2 Å². The van der Waals surface area contributed by atoms with Crippen molar-refractivity contribution in [1.82, 2.24) is 0 Å². The number of hydrogen-bond donors (Lipinski definition) is 1. The van der Waals surface area contributed by atoms with E-state index in [2.05, 4.69) is 13.8 Å². The van der Waals surface area contributed by atoms with Gasteiger partial charge in [-0.1, -0.05) is 19.9 Å². The fourth-order valence-corrected chi connectivity index (χ4v) is 3.10. The molecule has 1 fully saturated rings. The van der Waals surface area contributed by atoms with Crippen LogP contribution in [0.3, 0.4) is 0 Å². The molecule has 0 spiro atoms. The molecule has 0 saturated heterocycles. The lowest BCUT2D eigenvalue weighted by molar-refractivity contribution is 0.164. The van der Waals surface area contributed by atoms with Gasteiger partial charge in [0.1, 0.15) is 5.82 Å². The van der Waals surface area contributed by atoms with Gasteiger partial charge >= 0.3 is 0 Å². The molecule has 2 heteroatoms. The Balaban J connectivity index is 2.37. The molecule has 3 unspecified atom stereocenters. The predicted molar refractivity (Wildman–Crippen MR) is 69.2 cm³/mol. The number of rotatable bonds is 1. The Hall–Kier alpha value is -0.890. The van der Waals surface area contributed by atoms with Gasteiger partial charge in [0, 0.05) is 5.54 Å². The largest absolute Gasteiger partial charge is 0.321 e. The summed E-state index contributed by atoms with van der Waals surface area (Å²) in [7, 11) is 0. The van der Waals surface area contributed by atoms with E-state index in [1.54, 1.807) is 12.1 Å². The van der Waals surface area contributed by atoms with Crippen LogP contribution in [0.1, 0.15) is 44.2 Å². The first kappa shape index (κ1) is 12.6. The van der Waals surface area contributed by atoms with E-state index < -0.39 is 0 Å². The average molecular weight is 235 g/mol. The van der Waals surface area contributed by atoms with E-state index in [0.29, 0.717) is 5.92 Å². The second kappa shape index (κ2) is 4.41. The Bertz CT molecular complexity index is 395. The Morgan fingerprint density at radius 2 is 2.00 bits per heavy atom. The van der Waals surface area contributed by atoms with Gasteiger partial charge in [-0.15, -0.1) is 0 Å². The maximum atomic E-state index is 13.5. The highest BCUT2D eigenvalue weighted by atomic mass is 19.1. The van der Waals surface area contributed by atoms with E-state index in [4.69, 9.17) is 5.73 Å². The fraction of sp³-hybridized carbons (Fsp3) is 0.600. The van der Waals surface area contributed by atoms with Crippen molar-refractivity contribution >= 4 is 0 Å². The second-order valence-corrected chi connectivity index (χ2v) is 5.84. The number of benzene rings is 1. The molecule has 1 aromatic rings. The Morgan fingerprint density at radius 3 is 2.59 bits per heavy atom. The van der Waals surface area contributed by atoms with Crippen LogP contribution >= 0.6 is 0 Å². The molecule has 1 saturated carbocycles. The molecule has 1 aromatic carbocycles. The van der Waals surface area contributed by atoms with E-state index in [1.165, 1.54) is 0 Å². The average Bonchev–Trinajstić information content (AvgIpc) is 2.22. The monoisotopic (exact) mass is 235 g/mol. The van der Waals surface area contributed by atoms with E-state index in [0.717, 1.165) is 36.3 Å². The van der Waals surface area contributed by atoms with Crippen LogP contribution in [0.2, 0.25) is 0 Å². The zero-order chi connectivity index (χ0) is 12.6. The highest BCUT2D eigenvalue weighted by Gasteiger charge is 2.38. The summed E-state index contributed by atoms with van der Waals surface area (Å²) in [6.07, 6.45) is 3.22. The summed E-state index contributed by atoms with van der Waals surface area (Å²) in [6, 6.07) is 5.21. The molecule has 94 valence electrons. The number of nitrogens with two attached hydrogens (primary N) is 1. The lowest BCUT2D eigenvalue weighted by Crippen LogP contribution is -2.46. The summed E-state index contributed by atoms with van der Waals surface area (Å²) in [4.78, 5) is 0. The topological polar surface area (TPSA) is 26.0 Å². The first-order chi connectivity index (χ1) is 7.91. The molecule has 2 rings (SSSR count). The van der Waals surface area contributed by atoms with Gasteiger partial charge in [0.05, 0.1) is 0 Å². The third-order valence-corrected chi connectivity index (χ3v) is 4.27. The minimum absolute atomic E-state index is 0.171. The molecule has 0 aliphatic heterocycles. The number of halogens is 1. The third-order valence-electron chi connectivity index (χ3n) is 4.27. The van der Waals surface area contributed by atoms with Crippen LogP contribution < -0.4 is 5.73 Å². The van der Waals surface area contributed by atoms with Gasteiger partial charge in [-0.05, 0) is 61.3 Å². The molecular formula is C15H22FN. The molecule has 0 amide bonds. The Labute approximate surface area is 103 Å². The van der Waals surface area contributed by atoms with Crippen molar-refractivity contribution in [2.45, 2.75) is 45.6 Å². The van der Waals surface area contributed by atoms with Crippen LogP contribution in [-0.2, 0) is 5.54 Å². The molecular weight excluding hydrogens is 213 g/mol. The molecule has 0 bridgehead atoms. The van der Waals surface area contributed by atoms with Crippen molar-refractivity contribution in [1.29, 1.82) is 0 Å². The van der Waals surface area contributed by atoms with Gasteiger partial charge < -0.3 is 5.73 Å². The van der Waals surface area contributed by atoms with Gasteiger partial charge in [0.2, 0.25) is 0 Å². The van der Waals surface area contributed by atoms with Crippen molar-refractivity contribution < 1.29 is 4.39 Å². The van der Waals surface area contributed by atoms with Crippen LogP contribution in [0.5, 0.6) is 0 Å². The van der Waals surface area contributed by atoms with E-state index >= 15 is 0 Å². The van der Waals surface area contributed by atoms with Crippen molar-refractivity contribution in [2.75, 3.05) is 0 Å². The molecule has 0 radical (unpaired) electrons. The molecule has 2 N–H and O–H groups in total. The minimum atomic E-state index is -0.348. The minimum Gasteiger partial charge on any atom is -0.321 e. The summed E-state index contributed by atoms with van der Waals surface area (Å²) in [5.41, 5.74) is 8.13. The number of aryl methyl sites for hydroxylation is 1. The van der Waals surface area contributed by atoms with Crippen LogP contribution in [0, 0.1) is 24.6 Å². The molecule has 1 aliphatic carbocycles. The second-order valence-electron chi connectivity index (χ2n) is 5.84. The highest BCUT2D eigenvalue weighted by Crippen LogP contribution is 2.42. The lowest BCUT2D eigenvalue weighted by Gasteiger charge is -2.42. The molecule has 1 nitrogen and oxygen atoms in total.